The van der Waals surface area contributed by atoms with Crippen molar-refractivity contribution in [2.45, 2.75) is 13.0 Å². The van der Waals surface area contributed by atoms with E-state index in [4.69, 9.17) is 25.8 Å². The quantitative estimate of drug-likeness (QED) is 0.449. The molecule has 0 radical (unpaired) electrons. The van der Waals surface area contributed by atoms with Gasteiger partial charge >= 0.3 is 5.97 Å². The van der Waals surface area contributed by atoms with Crippen LogP contribution in [0.5, 0.6) is 11.5 Å². The number of hydrogen-bond acceptors (Lipinski definition) is 7. The fourth-order valence-electron chi connectivity index (χ4n) is 3.34. The van der Waals surface area contributed by atoms with Crippen LogP contribution >= 0.6 is 22.9 Å². The largest absolute Gasteiger partial charge is 0.486 e. The first kappa shape index (κ1) is 18.9. The van der Waals surface area contributed by atoms with E-state index in [1.807, 2.05) is 24.3 Å². The van der Waals surface area contributed by atoms with Crippen molar-refractivity contribution < 1.29 is 19.0 Å². The monoisotopic (exact) mass is 442 g/mol. The molecule has 7 nitrogen and oxygen atoms in total. The predicted octanol–water partition coefficient (Wildman–Crippen LogP) is 3.62. The molecular formula is C21H15ClN2O5S. The smallest absolute Gasteiger partial charge is 0.310 e. The zero-order valence-electron chi connectivity index (χ0n) is 15.6. The molecule has 0 spiro atoms. The molecule has 0 saturated carbocycles. The van der Waals surface area contributed by atoms with Crippen LogP contribution in [-0.4, -0.2) is 28.6 Å². The van der Waals surface area contributed by atoms with Crippen molar-refractivity contribution in [2.75, 3.05) is 13.2 Å². The third-order valence-corrected chi connectivity index (χ3v) is 5.94. The van der Waals surface area contributed by atoms with Gasteiger partial charge in [0, 0.05) is 6.07 Å². The number of hydrogen-bond donors (Lipinski definition) is 0. The molecule has 0 unspecified atom stereocenters. The lowest BCUT2D eigenvalue weighted by Gasteiger charge is -2.20. The Bertz CT molecular complexity index is 1350. The summed E-state index contributed by atoms with van der Waals surface area (Å²) in [6.07, 6.45) is 0.0144. The Morgan fingerprint density at radius 1 is 1.20 bits per heavy atom. The standard InChI is InChI=1S/C21H15ClN2O5S/c22-14-7-12(8-16-20(14)28-6-5-27-16)9-19(26)29-11-13-10-18(25)24-15-3-1-2-4-17(15)30-21(24)23-13/h1-4,7-8,10H,5-6,9,11H2. The van der Waals surface area contributed by atoms with Crippen molar-refractivity contribution in [1.82, 2.24) is 9.38 Å². The third-order valence-electron chi connectivity index (χ3n) is 4.63. The number of aromatic nitrogens is 2. The Kier molecular flexibility index (Phi) is 4.80. The molecule has 0 fully saturated rings. The first-order chi connectivity index (χ1) is 14.6. The summed E-state index contributed by atoms with van der Waals surface area (Å²) in [4.78, 5) is 29.9. The minimum atomic E-state index is -0.457. The minimum Gasteiger partial charge on any atom is -0.486 e. The van der Waals surface area contributed by atoms with Crippen LogP contribution in [-0.2, 0) is 22.6 Å². The van der Waals surface area contributed by atoms with Gasteiger partial charge in [-0.1, -0.05) is 35.1 Å². The van der Waals surface area contributed by atoms with Gasteiger partial charge in [-0.15, -0.1) is 0 Å². The third kappa shape index (κ3) is 3.48. The first-order valence-electron chi connectivity index (χ1n) is 9.22. The number of rotatable bonds is 4. The van der Waals surface area contributed by atoms with E-state index in [1.54, 1.807) is 16.5 Å². The van der Waals surface area contributed by atoms with E-state index in [0.29, 0.717) is 46.0 Å². The Hall–Kier alpha value is -3.10. The number of fused-ring (bicyclic) bond motifs is 4. The molecule has 0 amide bonds. The highest BCUT2D eigenvalue weighted by molar-refractivity contribution is 7.23. The van der Waals surface area contributed by atoms with E-state index in [-0.39, 0.29) is 18.6 Å². The number of nitrogens with zero attached hydrogens (tertiary/aromatic N) is 2. The molecule has 3 heterocycles. The average Bonchev–Trinajstić information content (AvgIpc) is 3.11. The molecule has 0 N–H and O–H groups in total. The molecule has 1 aliphatic heterocycles. The van der Waals surface area contributed by atoms with E-state index in [9.17, 15) is 9.59 Å². The van der Waals surface area contributed by atoms with E-state index in [0.717, 1.165) is 10.2 Å². The van der Waals surface area contributed by atoms with Crippen LogP contribution in [0.4, 0.5) is 0 Å². The summed E-state index contributed by atoms with van der Waals surface area (Å²) in [5.41, 5.74) is 1.67. The highest BCUT2D eigenvalue weighted by atomic mass is 35.5. The second-order valence-electron chi connectivity index (χ2n) is 6.71. The van der Waals surface area contributed by atoms with Crippen LogP contribution in [0.1, 0.15) is 11.3 Å². The van der Waals surface area contributed by atoms with E-state index >= 15 is 0 Å². The molecular weight excluding hydrogens is 428 g/mol. The molecule has 2 aromatic heterocycles. The second kappa shape index (κ2) is 7.62. The van der Waals surface area contributed by atoms with Crippen LogP contribution in [0, 0.1) is 0 Å². The fourth-order valence-corrected chi connectivity index (χ4v) is 4.67. The summed E-state index contributed by atoms with van der Waals surface area (Å²) in [7, 11) is 0. The first-order valence-corrected chi connectivity index (χ1v) is 10.4. The lowest BCUT2D eigenvalue weighted by atomic mass is 10.1. The number of esters is 1. The summed E-state index contributed by atoms with van der Waals surface area (Å²) >= 11 is 7.62. The van der Waals surface area contributed by atoms with Gasteiger partial charge in [0.2, 0.25) is 0 Å². The van der Waals surface area contributed by atoms with Crippen LogP contribution in [0.3, 0.4) is 0 Å². The lowest BCUT2D eigenvalue weighted by molar-refractivity contribution is -0.144. The van der Waals surface area contributed by atoms with E-state index in [1.165, 1.54) is 17.4 Å². The van der Waals surface area contributed by atoms with Crippen molar-refractivity contribution in [1.29, 1.82) is 0 Å². The van der Waals surface area contributed by atoms with Crippen molar-refractivity contribution in [3.05, 3.63) is 69.1 Å². The van der Waals surface area contributed by atoms with Gasteiger partial charge in [0.05, 0.1) is 27.4 Å². The maximum Gasteiger partial charge on any atom is 0.310 e. The maximum atomic E-state index is 12.5. The van der Waals surface area contributed by atoms with Gasteiger partial charge < -0.3 is 14.2 Å². The Balaban J connectivity index is 1.32. The number of carbonyl (C=O) groups is 1. The van der Waals surface area contributed by atoms with Gasteiger partial charge in [0.15, 0.2) is 16.5 Å². The summed E-state index contributed by atoms with van der Waals surface area (Å²) < 4.78 is 18.9. The SMILES string of the molecule is O=C(Cc1cc(Cl)c2c(c1)OCCO2)OCc1cc(=O)n2c(n1)sc1ccccc12. The van der Waals surface area contributed by atoms with Gasteiger partial charge in [0.1, 0.15) is 19.8 Å². The lowest BCUT2D eigenvalue weighted by Crippen LogP contribution is -2.17. The summed E-state index contributed by atoms with van der Waals surface area (Å²) in [5, 5.41) is 0.389. The molecule has 30 heavy (non-hydrogen) atoms. The molecule has 0 bridgehead atoms. The highest BCUT2D eigenvalue weighted by Gasteiger charge is 2.18. The second-order valence-corrected chi connectivity index (χ2v) is 8.13. The molecule has 5 rings (SSSR count). The van der Waals surface area contributed by atoms with Crippen molar-refractivity contribution >= 4 is 44.1 Å². The number of para-hydroxylation sites is 1. The molecule has 0 aliphatic carbocycles. The zero-order valence-corrected chi connectivity index (χ0v) is 17.2. The van der Waals surface area contributed by atoms with Crippen LogP contribution in [0.15, 0.2) is 47.3 Å². The molecule has 4 aromatic rings. The van der Waals surface area contributed by atoms with Crippen LogP contribution in [0.25, 0.3) is 15.2 Å². The van der Waals surface area contributed by atoms with E-state index in [2.05, 4.69) is 4.98 Å². The van der Waals surface area contributed by atoms with Gasteiger partial charge in [-0.25, -0.2) is 4.98 Å². The number of ether oxygens (including phenoxy) is 3. The number of carbonyl (C=O) groups excluding carboxylic acids is 1. The van der Waals surface area contributed by atoms with Gasteiger partial charge in [-0.2, -0.15) is 0 Å². The summed E-state index contributed by atoms with van der Waals surface area (Å²) in [6, 6.07) is 12.4. The topological polar surface area (TPSA) is 79.1 Å². The van der Waals surface area contributed by atoms with Gasteiger partial charge in [-0.3, -0.25) is 14.0 Å². The number of benzene rings is 2. The average molecular weight is 443 g/mol. The zero-order chi connectivity index (χ0) is 20.7. The molecule has 1 aliphatic rings. The minimum absolute atomic E-state index is 0.0144. The molecule has 0 saturated heterocycles. The maximum absolute atomic E-state index is 12.5. The van der Waals surface area contributed by atoms with Crippen LogP contribution < -0.4 is 15.0 Å². The highest BCUT2D eigenvalue weighted by Crippen LogP contribution is 2.38. The Labute approximate surface area is 179 Å². The van der Waals surface area contributed by atoms with Crippen LogP contribution in [0.2, 0.25) is 5.02 Å². The van der Waals surface area contributed by atoms with Crippen molar-refractivity contribution in [2.24, 2.45) is 0 Å². The number of thiazole rings is 1. The molecule has 9 heteroatoms. The summed E-state index contributed by atoms with van der Waals surface area (Å²) in [6.45, 7) is 0.779. The Morgan fingerprint density at radius 3 is 2.93 bits per heavy atom. The normalized spacial score (nSPS) is 13.0. The molecule has 0 atom stereocenters. The van der Waals surface area contributed by atoms with Crippen molar-refractivity contribution in [3.8, 4) is 11.5 Å². The Morgan fingerprint density at radius 2 is 2.03 bits per heavy atom. The fraction of sp³-hybridized carbons (Fsp3) is 0.190. The molecule has 152 valence electrons. The predicted molar refractivity (Wildman–Crippen MR) is 113 cm³/mol. The van der Waals surface area contributed by atoms with Gasteiger partial charge in [0.25, 0.3) is 5.56 Å². The molecule has 2 aromatic carbocycles. The van der Waals surface area contributed by atoms with Gasteiger partial charge in [-0.05, 0) is 29.8 Å². The van der Waals surface area contributed by atoms with E-state index < -0.39 is 5.97 Å². The van der Waals surface area contributed by atoms with Crippen molar-refractivity contribution in [3.63, 3.8) is 0 Å². The number of halogens is 1. The summed E-state index contributed by atoms with van der Waals surface area (Å²) in [5.74, 6) is 0.545.